The number of sulfone groups is 1. The molecule has 0 aliphatic carbocycles. The Kier molecular flexibility index (Phi) is 4.87. The van der Waals surface area contributed by atoms with Gasteiger partial charge in [-0.15, -0.1) is 0 Å². The summed E-state index contributed by atoms with van der Waals surface area (Å²) in [6.07, 6.45) is 0. The molecule has 9 heteroatoms. The van der Waals surface area contributed by atoms with Gasteiger partial charge in [0.2, 0.25) is 0 Å². The molecule has 0 bridgehead atoms. The maximum atomic E-state index is 12.7. The summed E-state index contributed by atoms with van der Waals surface area (Å²) in [7, 11) is -4.16. The smallest absolute Gasteiger partial charge is 0.481 e. The zero-order valence-electron chi connectivity index (χ0n) is 11.3. The van der Waals surface area contributed by atoms with Crippen molar-refractivity contribution >= 4 is 21.5 Å². The van der Waals surface area contributed by atoms with Crippen LogP contribution in [-0.4, -0.2) is 38.6 Å². The normalized spacial score (nSPS) is 13.8. The lowest BCUT2D eigenvalue weighted by Gasteiger charge is -2.24. The highest BCUT2D eigenvalue weighted by Gasteiger charge is 2.48. The number of nitrogens with zero attached hydrogens (tertiary/aromatic N) is 1. The van der Waals surface area contributed by atoms with Crippen LogP contribution in [0, 0.1) is 5.92 Å². The van der Waals surface area contributed by atoms with E-state index < -0.39 is 32.1 Å². The van der Waals surface area contributed by atoms with Crippen LogP contribution in [0.1, 0.15) is 6.92 Å². The number of hydrogen-bond acceptors (Lipinski definition) is 4. The number of benzene rings is 1. The summed E-state index contributed by atoms with van der Waals surface area (Å²) in [4.78, 5) is 11.1. The minimum Gasteiger partial charge on any atom is -0.481 e. The molecule has 0 amide bonds. The summed E-state index contributed by atoms with van der Waals surface area (Å²) in [6.45, 7) is 1.25. The minimum atomic E-state index is -5.50. The number of carboxylic acid groups (broad SMARTS) is 1. The second kappa shape index (κ2) is 5.92. The van der Waals surface area contributed by atoms with Crippen LogP contribution < -0.4 is 4.90 Å². The average molecular weight is 325 g/mol. The number of hydrogen-bond donors (Lipinski definition) is 1. The highest BCUT2D eigenvalue weighted by molar-refractivity contribution is 7.92. The largest absolute Gasteiger partial charge is 0.501 e. The molecule has 0 saturated heterocycles. The van der Waals surface area contributed by atoms with Gasteiger partial charge in [-0.2, -0.15) is 13.2 Å². The number of anilines is 1. The van der Waals surface area contributed by atoms with Gasteiger partial charge in [-0.1, -0.05) is 19.1 Å². The zero-order valence-corrected chi connectivity index (χ0v) is 12.1. The van der Waals surface area contributed by atoms with Crippen molar-refractivity contribution in [3.05, 3.63) is 24.3 Å². The Bertz CT molecular complexity index is 628. The molecule has 5 nitrogen and oxygen atoms in total. The minimum absolute atomic E-state index is 0.125. The highest BCUT2D eigenvalue weighted by atomic mass is 32.2. The number of rotatable bonds is 5. The van der Waals surface area contributed by atoms with Gasteiger partial charge in [0.1, 0.15) is 0 Å². The van der Waals surface area contributed by atoms with Crippen molar-refractivity contribution in [2.75, 3.05) is 18.5 Å². The van der Waals surface area contributed by atoms with E-state index in [2.05, 4.69) is 0 Å². The molecule has 0 heterocycles. The van der Waals surface area contributed by atoms with Gasteiger partial charge in [0.25, 0.3) is 9.84 Å². The molecule has 0 aromatic heterocycles. The second-order valence-electron chi connectivity index (χ2n) is 4.54. The quantitative estimate of drug-likeness (QED) is 0.898. The van der Waals surface area contributed by atoms with Crippen LogP contribution in [0.3, 0.4) is 0 Å². The first-order valence-corrected chi connectivity index (χ1v) is 7.31. The predicted octanol–water partition coefficient (Wildman–Crippen LogP) is 2.14. The first-order chi connectivity index (χ1) is 9.48. The Morgan fingerprint density at radius 2 is 1.86 bits per heavy atom. The van der Waals surface area contributed by atoms with E-state index in [1.54, 1.807) is 0 Å². The summed E-state index contributed by atoms with van der Waals surface area (Å²) in [6, 6.07) is 4.61. The standard InChI is InChI=1S/C12H14F3NO4S/c1-8(11(17)18)7-16(2)9-5-3-4-6-10(9)21(19,20)12(13,14)15/h3-6,8H,7H2,1-2H3,(H,17,18). The molecule has 0 radical (unpaired) electrons. The molecule has 118 valence electrons. The maximum absolute atomic E-state index is 12.7. The Morgan fingerprint density at radius 3 is 2.33 bits per heavy atom. The van der Waals surface area contributed by atoms with Gasteiger partial charge >= 0.3 is 11.5 Å². The highest BCUT2D eigenvalue weighted by Crippen LogP contribution is 2.35. The third-order valence-corrected chi connectivity index (χ3v) is 4.37. The number of carboxylic acids is 1. The van der Waals surface area contributed by atoms with Gasteiger partial charge in [0.15, 0.2) is 0 Å². The van der Waals surface area contributed by atoms with Crippen molar-refractivity contribution < 1.29 is 31.5 Å². The van der Waals surface area contributed by atoms with Crippen LogP contribution in [0.25, 0.3) is 0 Å². The SMILES string of the molecule is CC(CN(C)c1ccccc1S(=O)(=O)C(F)(F)F)C(=O)O. The average Bonchev–Trinajstić information content (AvgIpc) is 2.37. The maximum Gasteiger partial charge on any atom is 0.501 e. The first kappa shape index (κ1) is 17.3. The van der Waals surface area contributed by atoms with Crippen LogP contribution in [-0.2, 0) is 14.6 Å². The molecule has 0 saturated carbocycles. The molecule has 1 aromatic rings. The molecule has 0 aliphatic heterocycles. The lowest BCUT2D eigenvalue weighted by atomic mass is 10.1. The number of alkyl halides is 3. The van der Waals surface area contributed by atoms with E-state index in [-0.39, 0.29) is 12.2 Å². The molecule has 0 aliphatic rings. The number of halogens is 3. The van der Waals surface area contributed by atoms with E-state index in [1.807, 2.05) is 0 Å². The molecule has 21 heavy (non-hydrogen) atoms. The van der Waals surface area contributed by atoms with Crippen LogP contribution >= 0.6 is 0 Å². The van der Waals surface area contributed by atoms with Crippen LogP contribution in [0.4, 0.5) is 18.9 Å². The van der Waals surface area contributed by atoms with E-state index >= 15 is 0 Å². The van der Waals surface area contributed by atoms with Crippen molar-refractivity contribution in [1.29, 1.82) is 0 Å². The molecule has 1 atom stereocenters. The summed E-state index contributed by atoms with van der Waals surface area (Å²) in [5, 5.41) is 8.81. The van der Waals surface area contributed by atoms with Crippen molar-refractivity contribution in [3.8, 4) is 0 Å². The Morgan fingerprint density at radius 1 is 1.33 bits per heavy atom. The predicted molar refractivity (Wildman–Crippen MR) is 69.8 cm³/mol. The van der Waals surface area contributed by atoms with E-state index in [0.717, 1.165) is 6.07 Å². The number of para-hydroxylation sites is 1. The van der Waals surface area contributed by atoms with Crippen molar-refractivity contribution in [1.82, 2.24) is 0 Å². The van der Waals surface area contributed by atoms with Crippen LogP contribution in [0.2, 0.25) is 0 Å². The molecule has 1 rings (SSSR count). The second-order valence-corrected chi connectivity index (χ2v) is 6.45. The Balaban J connectivity index is 3.26. The van der Waals surface area contributed by atoms with Crippen molar-refractivity contribution in [3.63, 3.8) is 0 Å². The summed E-state index contributed by atoms with van der Waals surface area (Å²) in [5.41, 5.74) is -5.61. The van der Waals surface area contributed by atoms with Gasteiger partial charge in [-0.25, -0.2) is 8.42 Å². The Labute approximate surface area is 119 Å². The summed E-state index contributed by atoms with van der Waals surface area (Å²) in [5.74, 6) is -1.99. The first-order valence-electron chi connectivity index (χ1n) is 5.82. The lowest BCUT2D eigenvalue weighted by Crippen LogP contribution is -2.31. The molecule has 0 fully saturated rings. The fourth-order valence-electron chi connectivity index (χ4n) is 1.71. The number of aliphatic carboxylic acids is 1. The molecule has 1 aromatic carbocycles. The van der Waals surface area contributed by atoms with Gasteiger partial charge in [-0.3, -0.25) is 4.79 Å². The van der Waals surface area contributed by atoms with Gasteiger partial charge in [0.05, 0.1) is 16.5 Å². The summed E-state index contributed by atoms with van der Waals surface area (Å²) < 4.78 is 61.0. The summed E-state index contributed by atoms with van der Waals surface area (Å²) >= 11 is 0. The van der Waals surface area contributed by atoms with E-state index in [9.17, 15) is 26.4 Å². The van der Waals surface area contributed by atoms with Gasteiger partial charge in [0, 0.05) is 13.6 Å². The van der Waals surface area contributed by atoms with E-state index in [0.29, 0.717) is 0 Å². The van der Waals surface area contributed by atoms with E-state index in [4.69, 9.17) is 5.11 Å². The monoisotopic (exact) mass is 325 g/mol. The van der Waals surface area contributed by atoms with Gasteiger partial charge in [-0.05, 0) is 12.1 Å². The third-order valence-electron chi connectivity index (χ3n) is 2.84. The van der Waals surface area contributed by atoms with Crippen LogP contribution in [0.15, 0.2) is 29.2 Å². The molecular formula is C12H14F3NO4S. The van der Waals surface area contributed by atoms with E-state index in [1.165, 1.54) is 37.1 Å². The topological polar surface area (TPSA) is 74.7 Å². The fraction of sp³-hybridized carbons (Fsp3) is 0.417. The molecule has 0 spiro atoms. The molecule has 1 N–H and O–H groups in total. The van der Waals surface area contributed by atoms with Gasteiger partial charge < -0.3 is 10.0 Å². The van der Waals surface area contributed by atoms with Crippen molar-refractivity contribution in [2.45, 2.75) is 17.3 Å². The Hall–Kier alpha value is -1.77. The number of carbonyl (C=O) groups is 1. The zero-order chi connectivity index (χ0) is 16.4. The third kappa shape index (κ3) is 3.66. The lowest BCUT2D eigenvalue weighted by molar-refractivity contribution is -0.140. The van der Waals surface area contributed by atoms with Crippen LogP contribution in [0.5, 0.6) is 0 Å². The van der Waals surface area contributed by atoms with Crippen molar-refractivity contribution in [2.24, 2.45) is 5.92 Å². The molecule has 1 unspecified atom stereocenters. The fourth-order valence-corrected chi connectivity index (χ4v) is 2.72. The molecular weight excluding hydrogens is 311 g/mol.